The van der Waals surface area contributed by atoms with Crippen LogP contribution in [-0.4, -0.2) is 24.0 Å². The van der Waals surface area contributed by atoms with Gasteiger partial charge in [-0.1, -0.05) is 13.3 Å². The summed E-state index contributed by atoms with van der Waals surface area (Å²) in [4.78, 5) is 2.57. The van der Waals surface area contributed by atoms with E-state index in [0.29, 0.717) is 0 Å². The third kappa shape index (κ3) is 3.61. The molecule has 0 aromatic carbocycles. The van der Waals surface area contributed by atoms with E-state index in [-0.39, 0.29) is 0 Å². The molecule has 3 rings (SSSR count). The van der Waals surface area contributed by atoms with Crippen molar-refractivity contribution in [3.63, 3.8) is 0 Å². The van der Waals surface area contributed by atoms with E-state index in [2.05, 4.69) is 23.2 Å². The smallest absolute Gasteiger partial charge is 0.122 e. The van der Waals surface area contributed by atoms with Crippen LogP contribution in [-0.2, 0) is 13.1 Å². The minimum atomic E-state index is 0.766. The first-order valence-electron chi connectivity index (χ1n) is 7.86. The largest absolute Gasteiger partial charge is 0.468 e. The average molecular weight is 262 g/mol. The summed E-state index contributed by atoms with van der Waals surface area (Å²) >= 11 is 0. The second-order valence-electron chi connectivity index (χ2n) is 6.18. The van der Waals surface area contributed by atoms with E-state index in [1.165, 1.54) is 56.5 Å². The summed E-state index contributed by atoms with van der Waals surface area (Å²) < 4.78 is 5.71. The van der Waals surface area contributed by atoms with Crippen LogP contribution in [0, 0.1) is 5.92 Å². The van der Waals surface area contributed by atoms with Crippen LogP contribution in [0.3, 0.4) is 0 Å². The van der Waals surface area contributed by atoms with Crippen LogP contribution < -0.4 is 5.32 Å². The fraction of sp³-hybridized carbons (Fsp3) is 0.750. The monoisotopic (exact) mass is 262 g/mol. The Labute approximate surface area is 116 Å². The second kappa shape index (κ2) is 6.10. The molecule has 2 heterocycles. The highest BCUT2D eigenvalue weighted by molar-refractivity contribution is 5.17. The SMILES string of the molecule is CCC1CCCN(Cc2occc2CNC2CC2)C1. The summed E-state index contributed by atoms with van der Waals surface area (Å²) in [6.07, 6.45) is 8.59. The van der Waals surface area contributed by atoms with Gasteiger partial charge in [-0.3, -0.25) is 4.90 Å². The van der Waals surface area contributed by atoms with Crippen LogP contribution in [0.15, 0.2) is 16.7 Å². The van der Waals surface area contributed by atoms with Crippen LogP contribution in [0.2, 0.25) is 0 Å². The first kappa shape index (κ1) is 13.2. The molecule has 0 bridgehead atoms. The van der Waals surface area contributed by atoms with Gasteiger partial charge in [0.1, 0.15) is 5.76 Å². The van der Waals surface area contributed by atoms with Gasteiger partial charge in [-0.05, 0) is 44.2 Å². The van der Waals surface area contributed by atoms with E-state index in [1.54, 1.807) is 0 Å². The van der Waals surface area contributed by atoms with Crippen LogP contribution in [0.5, 0.6) is 0 Å². The molecule has 1 aromatic heterocycles. The van der Waals surface area contributed by atoms with E-state index in [0.717, 1.165) is 25.0 Å². The molecular weight excluding hydrogens is 236 g/mol. The minimum Gasteiger partial charge on any atom is -0.468 e. The topological polar surface area (TPSA) is 28.4 Å². The van der Waals surface area contributed by atoms with E-state index in [4.69, 9.17) is 4.42 Å². The van der Waals surface area contributed by atoms with Crippen molar-refractivity contribution in [1.82, 2.24) is 10.2 Å². The Morgan fingerprint density at radius 2 is 2.26 bits per heavy atom. The molecule has 106 valence electrons. The van der Waals surface area contributed by atoms with Crippen LogP contribution in [0.4, 0.5) is 0 Å². The molecule has 0 radical (unpaired) electrons. The summed E-state index contributed by atoms with van der Waals surface area (Å²) in [5.41, 5.74) is 1.35. The van der Waals surface area contributed by atoms with Crippen molar-refractivity contribution in [2.75, 3.05) is 13.1 Å². The summed E-state index contributed by atoms with van der Waals surface area (Å²) in [6, 6.07) is 2.90. The average Bonchev–Trinajstić information content (AvgIpc) is 3.17. The summed E-state index contributed by atoms with van der Waals surface area (Å²) in [5, 5.41) is 3.58. The zero-order chi connectivity index (χ0) is 13.1. The number of rotatable bonds is 6. The predicted octanol–water partition coefficient (Wildman–Crippen LogP) is 3.15. The van der Waals surface area contributed by atoms with Gasteiger partial charge < -0.3 is 9.73 Å². The summed E-state index contributed by atoms with van der Waals surface area (Å²) in [6.45, 7) is 6.75. The molecule has 1 N–H and O–H groups in total. The first-order chi connectivity index (χ1) is 9.35. The van der Waals surface area contributed by atoms with Gasteiger partial charge in [0.05, 0.1) is 12.8 Å². The maximum atomic E-state index is 5.71. The zero-order valence-electron chi connectivity index (χ0n) is 12.0. The molecule has 0 spiro atoms. The molecule has 3 heteroatoms. The summed E-state index contributed by atoms with van der Waals surface area (Å²) in [7, 11) is 0. The normalized spacial score (nSPS) is 24.8. The number of piperidine rings is 1. The fourth-order valence-electron chi connectivity index (χ4n) is 3.04. The van der Waals surface area contributed by atoms with Crippen molar-refractivity contribution in [2.45, 2.75) is 58.2 Å². The van der Waals surface area contributed by atoms with Crippen molar-refractivity contribution in [3.05, 3.63) is 23.7 Å². The highest BCUT2D eigenvalue weighted by atomic mass is 16.3. The fourth-order valence-corrected chi connectivity index (χ4v) is 3.04. The molecule has 1 aromatic rings. The second-order valence-corrected chi connectivity index (χ2v) is 6.18. The number of hydrogen-bond acceptors (Lipinski definition) is 3. The Bertz CT molecular complexity index is 397. The Balaban J connectivity index is 1.54. The van der Waals surface area contributed by atoms with Crippen LogP contribution in [0.25, 0.3) is 0 Å². The number of nitrogens with one attached hydrogen (secondary N) is 1. The molecule has 19 heavy (non-hydrogen) atoms. The molecule has 1 atom stereocenters. The minimum absolute atomic E-state index is 0.766. The molecule has 0 amide bonds. The first-order valence-corrected chi connectivity index (χ1v) is 7.86. The Hall–Kier alpha value is -0.800. The number of nitrogens with zero attached hydrogens (tertiary/aromatic N) is 1. The molecule has 2 fully saturated rings. The van der Waals surface area contributed by atoms with Crippen molar-refractivity contribution in [2.24, 2.45) is 5.92 Å². The van der Waals surface area contributed by atoms with Gasteiger partial charge >= 0.3 is 0 Å². The van der Waals surface area contributed by atoms with Crippen molar-refractivity contribution < 1.29 is 4.42 Å². The van der Waals surface area contributed by atoms with Gasteiger partial charge in [0.15, 0.2) is 0 Å². The molecule has 3 nitrogen and oxygen atoms in total. The Kier molecular flexibility index (Phi) is 4.24. The Morgan fingerprint density at radius 1 is 1.37 bits per heavy atom. The molecule has 1 aliphatic carbocycles. The lowest BCUT2D eigenvalue weighted by Gasteiger charge is -2.31. The van der Waals surface area contributed by atoms with E-state index in [9.17, 15) is 0 Å². The number of likely N-dealkylation sites (tertiary alicyclic amines) is 1. The standard InChI is InChI=1S/C16H26N2O/c1-2-13-4-3-8-18(11-13)12-16-14(7-9-19-16)10-17-15-5-6-15/h7,9,13,15,17H,2-6,8,10-12H2,1H3. The van der Waals surface area contributed by atoms with Crippen LogP contribution in [0.1, 0.15) is 50.4 Å². The molecule has 1 unspecified atom stereocenters. The van der Waals surface area contributed by atoms with Crippen molar-refractivity contribution in [1.29, 1.82) is 0 Å². The van der Waals surface area contributed by atoms with Gasteiger partial charge in [-0.25, -0.2) is 0 Å². The third-order valence-electron chi connectivity index (χ3n) is 4.54. The quantitative estimate of drug-likeness (QED) is 0.853. The van der Waals surface area contributed by atoms with Gasteiger partial charge in [-0.15, -0.1) is 0 Å². The number of hydrogen-bond donors (Lipinski definition) is 1. The van der Waals surface area contributed by atoms with Gasteiger partial charge in [0, 0.05) is 24.7 Å². The summed E-state index contributed by atoms with van der Waals surface area (Å²) in [5.74, 6) is 2.06. The highest BCUT2D eigenvalue weighted by Gasteiger charge is 2.23. The molecule has 2 aliphatic rings. The highest BCUT2D eigenvalue weighted by Crippen LogP contribution is 2.23. The molecule has 1 saturated heterocycles. The van der Waals surface area contributed by atoms with Gasteiger partial charge in [0.2, 0.25) is 0 Å². The number of furan rings is 1. The lowest BCUT2D eigenvalue weighted by molar-refractivity contribution is 0.154. The molecule has 1 saturated carbocycles. The molecular formula is C16H26N2O. The molecule has 1 aliphatic heterocycles. The lowest BCUT2D eigenvalue weighted by atomic mass is 9.95. The lowest BCUT2D eigenvalue weighted by Crippen LogP contribution is -2.34. The van der Waals surface area contributed by atoms with Crippen LogP contribution >= 0.6 is 0 Å². The zero-order valence-corrected chi connectivity index (χ0v) is 12.0. The maximum absolute atomic E-state index is 5.71. The van der Waals surface area contributed by atoms with Gasteiger partial charge in [-0.2, -0.15) is 0 Å². The Morgan fingerprint density at radius 3 is 3.05 bits per heavy atom. The van der Waals surface area contributed by atoms with Crippen molar-refractivity contribution in [3.8, 4) is 0 Å². The third-order valence-corrected chi connectivity index (χ3v) is 4.54. The maximum Gasteiger partial charge on any atom is 0.122 e. The van der Waals surface area contributed by atoms with Gasteiger partial charge in [0.25, 0.3) is 0 Å². The van der Waals surface area contributed by atoms with E-state index < -0.39 is 0 Å². The van der Waals surface area contributed by atoms with E-state index >= 15 is 0 Å². The van der Waals surface area contributed by atoms with E-state index in [1.807, 2.05) is 6.26 Å². The predicted molar refractivity (Wildman–Crippen MR) is 76.9 cm³/mol. The van der Waals surface area contributed by atoms with Crippen molar-refractivity contribution >= 4 is 0 Å².